The van der Waals surface area contributed by atoms with E-state index in [1.165, 1.54) is 6.07 Å². The molecule has 0 aliphatic heterocycles. The molecule has 1 aromatic carbocycles. The molecule has 0 atom stereocenters. The minimum Gasteiger partial charge on any atom is -0.423 e. The van der Waals surface area contributed by atoms with Crippen molar-refractivity contribution in [1.82, 2.24) is 4.98 Å². The first-order valence-electron chi connectivity index (χ1n) is 4.90. The van der Waals surface area contributed by atoms with Gasteiger partial charge in [0.25, 0.3) is 11.7 Å². The monoisotopic (exact) mass is 231 g/mol. The molecule has 2 aromatic rings. The fourth-order valence-electron chi connectivity index (χ4n) is 1.37. The lowest BCUT2D eigenvalue weighted by atomic mass is 10.3. The smallest absolute Gasteiger partial charge is 0.298 e. The van der Waals surface area contributed by atoms with Crippen LogP contribution in [-0.2, 0) is 0 Å². The number of non-ortho nitro benzene ring substituents is 1. The van der Waals surface area contributed by atoms with Gasteiger partial charge in [0, 0.05) is 6.07 Å². The van der Waals surface area contributed by atoms with Gasteiger partial charge in [-0.15, -0.1) is 5.92 Å². The zero-order chi connectivity index (χ0) is 12.3. The number of nitro benzene ring substituents is 1. The van der Waals surface area contributed by atoms with Gasteiger partial charge in [-0.2, -0.15) is 4.98 Å². The zero-order valence-corrected chi connectivity index (χ0v) is 9.06. The molecule has 0 bridgehead atoms. The van der Waals surface area contributed by atoms with Crippen LogP contribution in [0.4, 0.5) is 11.7 Å². The van der Waals surface area contributed by atoms with E-state index >= 15 is 0 Å². The summed E-state index contributed by atoms with van der Waals surface area (Å²) in [5.41, 5.74) is 0.552. The summed E-state index contributed by atoms with van der Waals surface area (Å²) in [6.45, 7) is 2.11. The number of anilines is 1. The van der Waals surface area contributed by atoms with E-state index < -0.39 is 4.92 Å². The van der Waals surface area contributed by atoms with Crippen molar-refractivity contribution in [1.29, 1.82) is 0 Å². The number of para-hydroxylation sites is 1. The van der Waals surface area contributed by atoms with Gasteiger partial charge in [-0.25, -0.2) is 0 Å². The van der Waals surface area contributed by atoms with Crippen LogP contribution in [0.5, 0.6) is 0 Å². The maximum atomic E-state index is 10.8. The SMILES string of the molecule is CC#CCNc1nc2c([N+](=O)[O-])cccc2o1. The molecule has 1 N–H and O–H groups in total. The van der Waals surface area contributed by atoms with Crippen LogP contribution in [0.1, 0.15) is 6.92 Å². The highest BCUT2D eigenvalue weighted by atomic mass is 16.6. The second kappa shape index (κ2) is 4.53. The van der Waals surface area contributed by atoms with Crippen molar-refractivity contribution in [2.75, 3.05) is 11.9 Å². The first-order chi connectivity index (χ1) is 8.22. The normalized spacial score (nSPS) is 9.71. The Labute approximate surface area is 96.8 Å². The van der Waals surface area contributed by atoms with Crippen molar-refractivity contribution in [3.8, 4) is 11.8 Å². The summed E-state index contributed by atoms with van der Waals surface area (Å²) >= 11 is 0. The molecular weight excluding hydrogens is 222 g/mol. The Morgan fingerprint density at radius 1 is 1.59 bits per heavy atom. The summed E-state index contributed by atoms with van der Waals surface area (Å²) in [7, 11) is 0. The van der Waals surface area contributed by atoms with E-state index in [9.17, 15) is 10.1 Å². The summed E-state index contributed by atoms with van der Waals surface area (Å²) in [4.78, 5) is 14.3. The predicted molar refractivity (Wildman–Crippen MR) is 62.6 cm³/mol. The lowest BCUT2D eigenvalue weighted by Crippen LogP contribution is -1.98. The molecule has 0 saturated carbocycles. The average molecular weight is 231 g/mol. The molecular formula is C11H9N3O3. The summed E-state index contributed by atoms with van der Waals surface area (Å²) in [5.74, 6) is 5.49. The molecule has 0 unspecified atom stereocenters. The van der Waals surface area contributed by atoms with Gasteiger partial charge in [0.1, 0.15) is 0 Å². The molecule has 6 heteroatoms. The highest BCUT2D eigenvalue weighted by molar-refractivity contribution is 5.83. The van der Waals surface area contributed by atoms with Crippen LogP contribution in [0.25, 0.3) is 11.1 Å². The molecule has 17 heavy (non-hydrogen) atoms. The molecule has 2 rings (SSSR count). The van der Waals surface area contributed by atoms with Gasteiger partial charge in [-0.1, -0.05) is 12.0 Å². The van der Waals surface area contributed by atoms with E-state index in [0.29, 0.717) is 12.1 Å². The van der Waals surface area contributed by atoms with Crippen molar-refractivity contribution in [3.63, 3.8) is 0 Å². The zero-order valence-electron chi connectivity index (χ0n) is 9.06. The molecule has 1 aromatic heterocycles. The maximum Gasteiger partial charge on any atom is 0.298 e. The highest BCUT2D eigenvalue weighted by Gasteiger charge is 2.16. The van der Waals surface area contributed by atoms with Gasteiger partial charge in [0.2, 0.25) is 0 Å². The fourth-order valence-corrected chi connectivity index (χ4v) is 1.37. The summed E-state index contributed by atoms with van der Waals surface area (Å²) < 4.78 is 5.31. The van der Waals surface area contributed by atoms with E-state index in [4.69, 9.17) is 4.42 Å². The average Bonchev–Trinajstić information content (AvgIpc) is 2.71. The van der Waals surface area contributed by atoms with Crippen LogP contribution >= 0.6 is 0 Å². The Kier molecular flexibility index (Phi) is 2.92. The van der Waals surface area contributed by atoms with Crippen LogP contribution in [0.3, 0.4) is 0 Å². The Hall–Kier alpha value is -2.55. The van der Waals surface area contributed by atoms with Gasteiger partial charge < -0.3 is 9.73 Å². The van der Waals surface area contributed by atoms with E-state index in [-0.39, 0.29) is 17.2 Å². The van der Waals surface area contributed by atoms with Crippen LogP contribution in [0.15, 0.2) is 22.6 Å². The van der Waals surface area contributed by atoms with Crippen LogP contribution in [0.2, 0.25) is 0 Å². The number of aromatic nitrogens is 1. The molecule has 0 fully saturated rings. The quantitative estimate of drug-likeness (QED) is 0.497. The number of hydrogen-bond acceptors (Lipinski definition) is 5. The number of nitrogens with zero attached hydrogens (tertiary/aromatic N) is 2. The van der Waals surface area contributed by atoms with Crippen LogP contribution < -0.4 is 5.32 Å². The van der Waals surface area contributed by atoms with Crippen molar-refractivity contribution >= 4 is 22.8 Å². The van der Waals surface area contributed by atoms with Gasteiger partial charge in [0.15, 0.2) is 11.1 Å². The molecule has 0 aliphatic rings. The summed E-state index contributed by atoms with van der Waals surface area (Å²) in [6, 6.07) is 4.81. The van der Waals surface area contributed by atoms with Crippen molar-refractivity contribution in [2.24, 2.45) is 0 Å². The molecule has 1 heterocycles. The standard InChI is InChI=1S/C11H9N3O3/c1-2-3-7-12-11-13-10-8(14(15)16)5-4-6-9(10)17-11/h4-6H,7H2,1H3,(H,12,13). The van der Waals surface area contributed by atoms with Crippen molar-refractivity contribution in [3.05, 3.63) is 28.3 Å². The largest absolute Gasteiger partial charge is 0.423 e. The Bertz CT molecular complexity index is 622. The molecule has 0 spiro atoms. The van der Waals surface area contributed by atoms with E-state index in [1.807, 2.05) is 0 Å². The third-order valence-corrected chi connectivity index (χ3v) is 2.10. The summed E-state index contributed by atoms with van der Waals surface area (Å²) in [5, 5.41) is 13.6. The molecule has 6 nitrogen and oxygen atoms in total. The number of nitrogens with one attached hydrogen (secondary N) is 1. The minimum atomic E-state index is -0.486. The van der Waals surface area contributed by atoms with E-state index in [1.54, 1.807) is 19.1 Å². The van der Waals surface area contributed by atoms with Crippen molar-refractivity contribution in [2.45, 2.75) is 6.92 Å². The second-order valence-electron chi connectivity index (χ2n) is 3.18. The minimum absolute atomic E-state index is 0.0686. The number of hydrogen-bond donors (Lipinski definition) is 1. The Morgan fingerprint density at radius 2 is 2.41 bits per heavy atom. The summed E-state index contributed by atoms with van der Waals surface area (Å²) in [6.07, 6.45) is 0. The lowest BCUT2D eigenvalue weighted by molar-refractivity contribution is -0.383. The van der Waals surface area contributed by atoms with E-state index in [2.05, 4.69) is 22.1 Å². The molecule has 0 amide bonds. The first kappa shape index (κ1) is 11.0. The molecule has 0 aliphatic carbocycles. The van der Waals surface area contributed by atoms with Gasteiger partial charge in [-0.05, 0) is 13.0 Å². The highest BCUT2D eigenvalue weighted by Crippen LogP contribution is 2.26. The molecule has 0 saturated heterocycles. The first-order valence-corrected chi connectivity index (χ1v) is 4.90. The number of nitro groups is 1. The molecule has 0 radical (unpaired) electrons. The van der Waals surface area contributed by atoms with Crippen molar-refractivity contribution < 1.29 is 9.34 Å². The number of benzene rings is 1. The third-order valence-electron chi connectivity index (χ3n) is 2.10. The fraction of sp³-hybridized carbons (Fsp3) is 0.182. The van der Waals surface area contributed by atoms with Gasteiger partial charge in [-0.3, -0.25) is 10.1 Å². The maximum absolute atomic E-state index is 10.8. The van der Waals surface area contributed by atoms with Crippen LogP contribution in [-0.4, -0.2) is 16.5 Å². The number of rotatable bonds is 3. The van der Waals surface area contributed by atoms with Crippen LogP contribution in [0, 0.1) is 22.0 Å². The Morgan fingerprint density at radius 3 is 3.12 bits per heavy atom. The second-order valence-corrected chi connectivity index (χ2v) is 3.18. The lowest BCUT2D eigenvalue weighted by Gasteiger charge is -1.91. The number of fused-ring (bicyclic) bond motifs is 1. The Balaban J connectivity index is 2.38. The van der Waals surface area contributed by atoms with Gasteiger partial charge >= 0.3 is 0 Å². The molecule has 86 valence electrons. The topological polar surface area (TPSA) is 81.2 Å². The third kappa shape index (κ3) is 2.18. The van der Waals surface area contributed by atoms with Gasteiger partial charge in [0.05, 0.1) is 11.5 Å². The van der Waals surface area contributed by atoms with E-state index in [0.717, 1.165) is 0 Å². The predicted octanol–water partition coefficient (Wildman–Crippen LogP) is 2.17. The number of oxazole rings is 1.